The Labute approximate surface area is 108 Å². The van der Waals surface area contributed by atoms with Crippen LogP contribution in [0.5, 0.6) is 0 Å². The molecule has 1 heterocycles. The van der Waals surface area contributed by atoms with Gasteiger partial charge in [0.05, 0.1) is 6.10 Å². The first-order valence-electron chi connectivity index (χ1n) is 6.95. The number of carbonyl (C=O) groups is 1. The zero-order chi connectivity index (χ0) is 13.1. The molecule has 3 atom stereocenters. The van der Waals surface area contributed by atoms with Crippen LogP contribution >= 0.6 is 0 Å². The number of rotatable bonds is 0. The standard InChI is InChI=1S/C15H22O3/c1-14(2)5-4-6-15(3)11(14)7-10(16)9-8-18-13(17)12(9)15/h10-11,16H,4-8H2,1-3H3/t10-,11-,15?/m0/s1. The van der Waals surface area contributed by atoms with E-state index in [0.717, 1.165) is 30.4 Å². The molecule has 3 nitrogen and oxygen atoms in total. The van der Waals surface area contributed by atoms with Crippen molar-refractivity contribution in [3.05, 3.63) is 11.1 Å². The Morgan fingerprint density at radius 3 is 2.72 bits per heavy atom. The van der Waals surface area contributed by atoms with Crippen molar-refractivity contribution >= 4 is 5.97 Å². The van der Waals surface area contributed by atoms with Crippen molar-refractivity contribution in [2.75, 3.05) is 6.61 Å². The van der Waals surface area contributed by atoms with E-state index in [1.54, 1.807) is 0 Å². The SMILES string of the molecule is CC1(C)CCCC2(C)C3=C(COC3=O)[C@@H](O)C[C@@H]12. The summed E-state index contributed by atoms with van der Waals surface area (Å²) in [7, 11) is 0. The van der Waals surface area contributed by atoms with Crippen molar-refractivity contribution < 1.29 is 14.6 Å². The summed E-state index contributed by atoms with van der Waals surface area (Å²) in [5.74, 6) is 0.187. The molecule has 3 heteroatoms. The maximum Gasteiger partial charge on any atom is 0.335 e. The van der Waals surface area contributed by atoms with Gasteiger partial charge in [0, 0.05) is 16.6 Å². The van der Waals surface area contributed by atoms with Crippen LogP contribution in [0.4, 0.5) is 0 Å². The van der Waals surface area contributed by atoms with E-state index < -0.39 is 6.10 Å². The molecule has 3 aliphatic rings. The minimum absolute atomic E-state index is 0.0934. The van der Waals surface area contributed by atoms with Gasteiger partial charge < -0.3 is 9.84 Å². The van der Waals surface area contributed by atoms with Gasteiger partial charge >= 0.3 is 5.97 Å². The quantitative estimate of drug-likeness (QED) is 0.672. The molecule has 0 aromatic carbocycles. The van der Waals surface area contributed by atoms with Crippen LogP contribution < -0.4 is 0 Å². The Morgan fingerprint density at radius 1 is 1.28 bits per heavy atom. The number of hydrogen-bond acceptors (Lipinski definition) is 3. The van der Waals surface area contributed by atoms with Crippen LogP contribution in [-0.4, -0.2) is 23.8 Å². The summed E-state index contributed by atoms with van der Waals surface area (Å²) >= 11 is 0. The van der Waals surface area contributed by atoms with E-state index in [0.29, 0.717) is 12.5 Å². The molecule has 1 saturated carbocycles. The van der Waals surface area contributed by atoms with Gasteiger partial charge in [-0.25, -0.2) is 4.79 Å². The molecule has 0 aromatic heterocycles. The van der Waals surface area contributed by atoms with Gasteiger partial charge in [0.2, 0.25) is 0 Å². The van der Waals surface area contributed by atoms with Gasteiger partial charge in [-0.3, -0.25) is 0 Å². The first kappa shape index (κ1) is 12.2. The Bertz CT molecular complexity index is 435. The van der Waals surface area contributed by atoms with Crippen LogP contribution in [-0.2, 0) is 9.53 Å². The Hall–Kier alpha value is -0.830. The molecule has 1 aliphatic heterocycles. The molecule has 0 radical (unpaired) electrons. The van der Waals surface area contributed by atoms with Crippen LogP contribution in [0, 0.1) is 16.7 Å². The Kier molecular flexibility index (Phi) is 2.44. The van der Waals surface area contributed by atoms with Gasteiger partial charge in [-0.2, -0.15) is 0 Å². The van der Waals surface area contributed by atoms with Gasteiger partial charge in [-0.05, 0) is 30.6 Å². The number of carbonyl (C=O) groups excluding carboxylic acids is 1. The molecule has 100 valence electrons. The maximum atomic E-state index is 12.0. The number of ether oxygens (including phenoxy) is 1. The average Bonchev–Trinajstić information content (AvgIpc) is 2.66. The summed E-state index contributed by atoms with van der Waals surface area (Å²) in [6.07, 6.45) is 3.67. The number of aliphatic hydroxyl groups is 1. The lowest BCUT2D eigenvalue weighted by Gasteiger charge is -2.54. The molecule has 3 rings (SSSR count). The average molecular weight is 250 g/mol. The molecular weight excluding hydrogens is 228 g/mol. The highest BCUT2D eigenvalue weighted by Crippen LogP contribution is 2.60. The second-order valence-electron chi connectivity index (χ2n) is 7.04. The molecular formula is C15H22O3. The summed E-state index contributed by atoms with van der Waals surface area (Å²) in [6, 6.07) is 0. The lowest BCUT2D eigenvalue weighted by atomic mass is 9.50. The highest BCUT2D eigenvalue weighted by molar-refractivity contribution is 5.94. The monoisotopic (exact) mass is 250 g/mol. The van der Waals surface area contributed by atoms with Gasteiger partial charge in [0.1, 0.15) is 6.61 Å². The smallest absolute Gasteiger partial charge is 0.335 e. The van der Waals surface area contributed by atoms with Crippen molar-refractivity contribution in [3.63, 3.8) is 0 Å². The largest absolute Gasteiger partial charge is 0.458 e. The van der Waals surface area contributed by atoms with Gasteiger partial charge in [0.25, 0.3) is 0 Å². The molecule has 1 unspecified atom stereocenters. The molecule has 0 spiro atoms. The molecule has 1 N–H and O–H groups in total. The molecule has 2 aliphatic carbocycles. The second-order valence-corrected chi connectivity index (χ2v) is 7.04. The lowest BCUT2D eigenvalue weighted by molar-refractivity contribution is -0.138. The van der Waals surface area contributed by atoms with Crippen molar-refractivity contribution in [1.29, 1.82) is 0 Å². The van der Waals surface area contributed by atoms with E-state index in [1.165, 1.54) is 6.42 Å². The minimum Gasteiger partial charge on any atom is -0.458 e. The van der Waals surface area contributed by atoms with Gasteiger partial charge in [-0.15, -0.1) is 0 Å². The molecule has 0 amide bonds. The van der Waals surface area contributed by atoms with Crippen LogP contribution in [0.3, 0.4) is 0 Å². The zero-order valence-electron chi connectivity index (χ0n) is 11.5. The van der Waals surface area contributed by atoms with Crippen LogP contribution in [0.25, 0.3) is 0 Å². The highest BCUT2D eigenvalue weighted by Gasteiger charge is 2.56. The normalized spacial score (nSPS) is 42.3. The van der Waals surface area contributed by atoms with E-state index >= 15 is 0 Å². The first-order valence-corrected chi connectivity index (χ1v) is 6.95. The van der Waals surface area contributed by atoms with Gasteiger partial charge in [0.15, 0.2) is 0 Å². The molecule has 0 saturated heterocycles. The number of esters is 1. The number of aliphatic hydroxyl groups excluding tert-OH is 1. The van der Waals surface area contributed by atoms with E-state index in [1.807, 2.05) is 0 Å². The van der Waals surface area contributed by atoms with E-state index in [4.69, 9.17) is 4.74 Å². The molecule has 1 fully saturated rings. The van der Waals surface area contributed by atoms with Crippen LogP contribution in [0.1, 0.15) is 46.5 Å². The van der Waals surface area contributed by atoms with E-state index in [9.17, 15) is 9.90 Å². The summed E-state index contributed by atoms with van der Waals surface area (Å²) < 4.78 is 5.18. The molecule has 0 aromatic rings. The lowest BCUT2D eigenvalue weighted by Crippen LogP contribution is -2.49. The van der Waals surface area contributed by atoms with Crippen molar-refractivity contribution in [3.8, 4) is 0 Å². The third-order valence-corrected chi connectivity index (χ3v) is 5.55. The van der Waals surface area contributed by atoms with Crippen LogP contribution in [0.2, 0.25) is 0 Å². The molecule has 18 heavy (non-hydrogen) atoms. The first-order chi connectivity index (χ1) is 8.36. The highest BCUT2D eigenvalue weighted by atomic mass is 16.5. The Morgan fingerprint density at radius 2 is 2.00 bits per heavy atom. The summed E-state index contributed by atoms with van der Waals surface area (Å²) in [4.78, 5) is 12.0. The fourth-order valence-electron chi connectivity index (χ4n) is 4.65. The number of fused-ring (bicyclic) bond motifs is 2. The van der Waals surface area contributed by atoms with Crippen molar-refractivity contribution in [1.82, 2.24) is 0 Å². The second kappa shape index (κ2) is 3.60. The zero-order valence-corrected chi connectivity index (χ0v) is 11.5. The Balaban J connectivity index is 2.12. The predicted octanol–water partition coefficient (Wildman–Crippen LogP) is 2.44. The topological polar surface area (TPSA) is 46.5 Å². The third kappa shape index (κ3) is 1.43. The number of hydrogen-bond donors (Lipinski definition) is 1. The van der Waals surface area contributed by atoms with Crippen LogP contribution in [0.15, 0.2) is 11.1 Å². The summed E-state index contributed by atoms with van der Waals surface area (Å²) in [5, 5.41) is 10.3. The fraction of sp³-hybridized carbons (Fsp3) is 0.800. The van der Waals surface area contributed by atoms with Crippen molar-refractivity contribution in [2.24, 2.45) is 16.7 Å². The van der Waals surface area contributed by atoms with E-state index in [-0.39, 0.29) is 16.8 Å². The van der Waals surface area contributed by atoms with E-state index in [2.05, 4.69) is 20.8 Å². The van der Waals surface area contributed by atoms with Crippen molar-refractivity contribution in [2.45, 2.75) is 52.6 Å². The minimum atomic E-state index is -0.484. The molecule has 0 bridgehead atoms. The third-order valence-electron chi connectivity index (χ3n) is 5.55. The fourth-order valence-corrected chi connectivity index (χ4v) is 4.65. The van der Waals surface area contributed by atoms with Gasteiger partial charge in [-0.1, -0.05) is 27.2 Å². The maximum absolute atomic E-state index is 12.0. The summed E-state index contributed by atoms with van der Waals surface area (Å²) in [6.45, 7) is 7.05. The number of cyclic esters (lactones) is 1. The predicted molar refractivity (Wildman–Crippen MR) is 67.8 cm³/mol. The summed E-state index contributed by atoms with van der Waals surface area (Å²) in [5.41, 5.74) is 1.76.